The molecule has 1 unspecified atom stereocenters. The fraction of sp³-hybridized carbons (Fsp3) is 0.278. The molecule has 7 nitrogen and oxygen atoms in total. The van der Waals surface area contributed by atoms with Crippen LogP contribution in [0.5, 0.6) is 0 Å². The van der Waals surface area contributed by atoms with Gasteiger partial charge in [-0.15, -0.1) is 0 Å². The molecule has 0 saturated carbocycles. The highest BCUT2D eigenvalue weighted by Gasteiger charge is 2.55. The molecule has 0 saturated heterocycles. The summed E-state index contributed by atoms with van der Waals surface area (Å²) in [5.74, 6) is -2.17. The van der Waals surface area contributed by atoms with Gasteiger partial charge < -0.3 is 10.4 Å². The van der Waals surface area contributed by atoms with E-state index in [9.17, 15) is 39.9 Å². The Hall–Kier alpha value is -2.15. The van der Waals surface area contributed by atoms with Gasteiger partial charge >= 0.3 is 6.18 Å². The minimum absolute atomic E-state index is 0.250. The smallest absolute Gasteiger partial charge is 0.373 e. The Balaban J connectivity index is 2.48. The second-order valence-corrected chi connectivity index (χ2v) is 11.1. The quantitative estimate of drug-likeness (QED) is 0.630. The zero-order valence-corrected chi connectivity index (χ0v) is 18.5. The number of amides is 1. The van der Waals surface area contributed by atoms with E-state index in [1.54, 1.807) is 5.32 Å². The number of hydrogen-bond donors (Lipinski definition) is 2. The van der Waals surface area contributed by atoms with E-state index in [0.29, 0.717) is 0 Å². The number of nitrogens with one attached hydrogen (secondary N) is 1. The van der Waals surface area contributed by atoms with Gasteiger partial charge in [0.05, 0.1) is 31.1 Å². The average Bonchev–Trinajstić information content (AvgIpc) is 2.68. The molecule has 0 aliphatic heterocycles. The molecule has 0 radical (unpaired) electrons. The normalized spacial score (nSPS) is 14.7. The molecule has 0 spiro atoms. The van der Waals surface area contributed by atoms with Crippen molar-refractivity contribution in [3.05, 3.63) is 47.5 Å². The fourth-order valence-electron chi connectivity index (χ4n) is 2.35. The van der Waals surface area contributed by atoms with E-state index in [-0.39, 0.29) is 18.4 Å². The van der Waals surface area contributed by atoms with E-state index in [4.69, 9.17) is 11.6 Å². The SMILES string of the molecule is CCS(=O)(=O)c1ccccc1S(=O)(=O)c1ccc(NC(=O)C(C)(O)C(F)(F)F)c(Cl)c1. The van der Waals surface area contributed by atoms with Gasteiger partial charge in [-0.1, -0.05) is 30.7 Å². The highest BCUT2D eigenvalue weighted by atomic mass is 35.5. The highest BCUT2D eigenvalue weighted by Crippen LogP contribution is 2.34. The van der Waals surface area contributed by atoms with Crippen LogP contribution in [0.2, 0.25) is 5.02 Å². The lowest BCUT2D eigenvalue weighted by atomic mass is 10.1. The zero-order valence-electron chi connectivity index (χ0n) is 16.1. The van der Waals surface area contributed by atoms with Gasteiger partial charge in [-0.05, 0) is 37.3 Å². The molecule has 0 aliphatic carbocycles. The first-order valence-electron chi connectivity index (χ1n) is 8.52. The summed E-state index contributed by atoms with van der Waals surface area (Å²) >= 11 is 5.93. The fourth-order valence-corrected chi connectivity index (χ4v) is 5.69. The van der Waals surface area contributed by atoms with Crippen LogP contribution in [-0.2, 0) is 24.5 Å². The summed E-state index contributed by atoms with van der Waals surface area (Å²) in [6.45, 7) is 1.60. The second kappa shape index (κ2) is 8.41. The van der Waals surface area contributed by atoms with Crippen molar-refractivity contribution in [3.63, 3.8) is 0 Å². The number of benzene rings is 2. The van der Waals surface area contributed by atoms with E-state index >= 15 is 0 Å². The van der Waals surface area contributed by atoms with Crippen LogP contribution < -0.4 is 5.32 Å². The molecule has 2 rings (SSSR count). The first-order valence-corrected chi connectivity index (χ1v) is 12.0. The van der Waals surface area contributed by atoms with E-state index in [1.165, 1.54) is 19.1 Å². The third-order valence-electron chi connectivity index (χ3n) is 4.35. The summed E-state index contributed by atoms with van der Waals surface area (Å²) in [4.78, 5) is 10.4. The third-order valence-corrected chi connectivity index (χ3v) is 8.38. The molecule has 0 aromatic heterocycles. The maximum atomic E-state index is 13.0. The third kappa shape index (κ3) is 4.86. The van der Waals surface area contributed by atoms with Gasteiger partial charge in [-0.3, -0.25) is 4.79 Å². The Morgan fingerprint density at radius 3 is 2.10 bits per heavy atom. The van der Waals surface area contributed by atoms with Crippen molar-refractivity contribution in [2.24, 2.45) is 0 Å². The van der Waals surface area contributed by atoms with Gasteiger partial charge in [0.25, 0.3) is 5.91 Å². The monoisotopic (exact) mass is 499 g/mol. The molecule has 0 fully saturated rings. The van der Waals surface area contributed by atoms with Crippen LogP contribution in [0.25, 0.3) is 0 Å². The molecular weight excluding hydrogens is 483 g/mol. The number of halogens is 4. The number of hydrogen-bond acceptors (Lipinski definition) is 6. The predicted molar refractivity (Wildman–Crippen MR) is 106 cm³/mol. The number of rotatable bonds is 6. The molecule has 0 bridgehead atoms. The molecule has 13 heteroatoms. The lowest BCUT2D eigenvalue weighted by Gasteiger charge is -2.25. The maximum absolute atomic E-state index is 13.0. The Bertz CT molecular complexity index is 1230. The minimum atomic E-state index is -5.26. The van der Waals surface area contributed by atoms with Gasteiger partial charge in [0.15, 0.2) is 9.84 Å². The first-order chi connectivity index (χ1) is 14.1. The van der Waals surface area contributed by atoms with Crippen LogP contribution >= 0.6 is 11.6 Å². The van der Waals surface area contributed by atoms with Gasteiger partial charge in [0.1, 0.15) is 0 Å². The van der Waals surface area contributed by atoms with Crippen molar-refractivity contribution in [2.75, 3.05) is 11.1 Å². The summed E-state index contributed by atoms with van der Waals surface area (Å²) in [6.07, 6.45) is -5.26. The van der Waals surface area contributed by atoms with E-state index in [0.717, 1.165) is 30.3 Å². The first kappa shape index (κ1) is 25.1. The number of carbonyl (C=O) groups is 1. The molecular formula is C18H17ClF3NO6S2. The molecule has 2 aromatic carbocycles. The van der Waals surface area contributed by atoms with Gasteiger partial charge in [0.2, 0.25) is 15.4 Å². The maximum Gasteiger partial charge on any atom is 0.426 e. The van der Waals surface area contributed by atoms with Crippen LogP contribution in [0, 0.1) is 0 Å². The van der Waals surface area contributed by atoms with Crippen LogP contribution in [-0.4, -0.2) is 45.4 Å². The minimum Gasteiger partial charge on any atom is -0.373 e. The highest BCUT2D eigenvalue weighted by molar-refractivity contribution is 7.94. The molecule has 2 aromatic rings. The molecule has 1 atom stereocenters. The number of aliphatic hydroxyl groups is 1. The molecule has 1 amide bonds. The molecule has 31 heavy (non-hydrogen) atoms. The van der Waals surface area contributed by atoms with Crippen molar-refractivity contribution in [3.8, 4) is 0 Å². The number of alkyl halides is 3. The topological polar surface area (TPSA) is 118 Å². The van der Waals surface area contributed by atoms with Gasteiger partial charge in [-0.25, -0.2) is 16.8 Å². The zero-order chi connectivity index (χ0) is 23.8. The van der Waals surface area contributed by atoms with Crippen LogP contribution in [0.3, 0.4) is 0 Å². The average molecular weight is 500 g/mol. The Kier molecular flexibility index (Phi) is 6.82. The van der Waals surface area contributed by atoms with E-state index in [1.807, 2.05) is 0 Å². The van der Waals surface area contributed by atoms with Crippen molar-refractivity contribution < 1.29 is 39.9 Å². The predicted octanol–water partition coefficient (Wildman–Crippen LogP) is 3.22. The number of anilines is 1. The summed E-state index contributed by atoms with van der Waals surface area (Å²) in [6, 6.07) is 7.65. The summed E-state index contributed by atoms with van der Waals surface area (Å²) < 4.78 is 88.9. The Morgan fingerprint density at radius 1 is 1.06 bits per heavy atom. The van der Waals surface area contributed by atoms with E-state index in [2.05, 4.69) is 0 Å². The van der Waals surface area contributed by atoms with E-state index < -0.39 is 57.1 Å². The van der Waals surface area contributed by atoms with Crippen molar-refractivity contribution in [2.45, 2.75) is 40.3 Å². The summed E-state index contributed by atoms with van der Waals surface area (Å²) in [7, 11) is -8.28. The Labute approximate surface area is 181 Å². The second-order valence-electron chi connectivity index (χ2n) is 6.52. The van der Waals surface area contributed by atoms with Crippen molar-refractivity contribution in [1.82, 2.24) is 0 Å². The molecule has 2 N–H and O–H groups in total. The van der Waals surface area contributed by atoms with Crippen LogP contribution in [0.1, 0.15) is 13.8 Å². The van der Waals surface area contributed by atoms with Crippen LogP contribution in [0.4, 0.5) is 18.9 Å². The number of sulfone groups is 2. The standard InChI is InChI=1S/C18H17ClF3NO6S2/c1-3-30(26,27)14-6-4-5-7-15(14)31(28,29)11-8-9-13(12(19)10-11)23-16(24)17(2,25)18(20,21)22/h4-10,25H,3H2,1-2H3,(H,23,24). The van der Waals surface area contributed by atoms with Gasteiger partial charge in [-0.2, -0.15) is 13.2 Å². The van der Waals surface area contributed by atoms with Crippen molar-refractivity contribution in [1.29, 1.82) is 0 Å². The lowest BCUT2D eigenvalue weighted by Crippen LogP contribution is -2.52. The van der Waals surface area contributed by atoms with Crippen molar-refractivity contribution >= 4 is 42.9 Å². The van der Waals surface area contributed by atoms with Crippen LogP contribution in [0.15, 0.2) is 57.2 Å². The lowest BCUT2D eigenvalue weighted by molar-refractivity contribution is -0.242. The molecule has 0 aliphatic rings. The molecule has 0 heterocycles. The largest absolute Gasteiger partial charge is 0.426 e. The Morgan fingerprint density at radius 2 is 1.61 bits per heavy atom. The number of carbonyl (C=O) groups excluding carboxylic acids is 1. The van der Waals surface area contributed by atoms with Gasteiger partial charge in [0, 0.05) is 0 Å². The molecule has 170 valence electrons. The summed E-state index contributed by atoms with van der Waals surface area (Å²) in [5.41, 5.74) is -4.10. The summed E-state index contributed by atoms with van der Waals surface area (Å²) in [5, 5.41) is 10.7.